The van der Waals surface area contributed by atoms with Crippen LogP contribution in [0.25, 0.3) is 0 Å². The summed E-state index contributed by atoms with van der Waals surface area (Å²) in [6, 6.07) is 2.80. The number of benzene rings is 1. The minimum Gasteiger partial charge on any atom is -0.465 e. The van der Waals surface area contributed by atoms with Gasteiger partial charge in [0.25, 0.3) is 0 Å². The summed E-state index contributed by atoms with van der Waals surface area (Å²) in [5.41, 5.74) is -1.20. The zero-order valence-electron chi connectivity index (χ0n) is 10.9. The molecule has 1 heterocycles. The van der Waals surface area contributed by atoms with E-state index in [1.807, 2.05) is 0 Å². The van der Waals surface area contributed by atoms with Gasteiger partial charge in [-0.05, 0) is 33.6 Å². The Morgan fingerprint density at radius 1 is 1.40 bits per heavy atom. The topological polar surface area (TPSA) is 46.6 Å². The monoisotopic (exact) mass is 347 g/mol. The van der Waals surface area contributed by atoms with Crippen LogP contribution in [0.3, 0.4) is 0 Å². The van der Waals surface area contributed by atoms with E-state index < -0.39 is 30.6 Å². The number of halogens is 3. The minimum atomic E-state index is -1.87. The fourth-order valence-electron chi connectivity index (χ4n) is 2.33. The molecule has 1 amide bonds. The smallest absolute Gasteiger partial charge is 0.339 e. The van der Waals surface area contributed by atoms with Crippen LogP contribution in [0.4, 0.5) is 14.5 Å². The molecule has 0 bridgehead atoms. The number of rotatable bonds is 3. The number of carbonyl (C=O) groups is 2. The summed E-state index contributed by atoms with van der Waals surface area (Å²) in [5, 5.41) is 0. The van der Waals surface area contributed by atoms with Gasteiger partial charge < -0.3 is 9.64 Å². The lowest BCUT2D eigenvalue weighted by Gasteiger charge is -2.20. The number of methoxy groups -OCH3 is 1. The van der Waals surface area contributed by atoms with Crippen LogP contribution >= 0.6 is 15.9 Å². The van der Waals surface area contributed by atoms with Crippen molar-refractivity contribution in [1.29, 1.82) is 0 Å². The Bertz CT molecular complexity index is 587. The zero-order valence-corrected chi connectivity index (χ0v) is 12.5. The number of alkyl halides is 2. The summed E-state index contributed by atoms with van der Waals surface area (Å²) < 4.78 is 31.7. The first-order valence-corrected chi connectivity index (χ1v) is 6.54. The third kappa shape index (κ3) is 1.83. The van der Waals surface area contributed by atoms with Crippen LogP contribution < -0.4 is 4.90 Å². The molecule has 0 unspecified atom stereocenters. The van der Waals surface area contributed by atoms with Gasteiger partial charge in [-0.15, -0.1) is 0 Å². The van der Waals surface area contributed by atoms with E-state index in [2.05, 4.69) is 20.7 Å². The van der Waals surface area contributed by atoms with Crippen molar-refractivity contribution in [2.75, 3.05) is 32.4 Å². The molecular weight excluding hydrogens is 336 g/mol. The minimum absolute atomic E-state index is 0.126. The Morgan fingerprint density at radius 3 is 2.50 bits per heavy atom. The Morgan fingerprint density at radius 2 is 2.00 bits per heavy atom. The molecule has 0 saturated carbocycles. The summed E-state index contributed by atoms with van der Waals surface area (Å²) >= 11 is 3.19. The fourth-order valence-corrected chi connectivity index (χ4v) is 2.82. The molecule has 0 fully saturated rings. The second-order valence-corrected chi connectivity index (χ2v) is 5.41. The lowest BCUT2D eigenvalue weighted by atomic mass is 9.83. The third-order valence-electron chi connectivity index (χ3n) is 3.54. The number of hydrogen-bond donors (Lipinski definition) is 0. The largest absolute Gasteiger partial charge is 0.465 e. The molecule has 2 rings (SSSR count). The summed E-state index contributed by atoms with van der Waals surface area (Å²) in [6.07, 6.45) is 0. The highest BCUT2D eigenvalue weighted by molar-refractivity contribution is 9.10. The molecule has 108 valence electrons. The Balaban J connectivity index is 2.71. The van der Waals surface area contributed by atoms with Gasteiger partial charge in [0, 0.05) is 17.2 Å². The van der Waals surface area contributed by atoms with Crippen molar-refractivity contribution in [3.63, 3.8) is 0 Å². The van der Waals surface area contributed by atoms with Crippen molar-refractivity contribution in [3.05, 3.63) is 27.7 Å². The molecule has 20 heavy (non-hydrogen) atoms. The highest BCUT2D eigenvalue weighted by Gasteiger charge is 2.51. The van der Waals surface area contributed by atoms with Gasteiger partial charge in [-0.1, -0.05) is 0 Å². The van der Waals surface area contributed by atoms with Crippen molar-refractivity contribution < 1.29 is 23.1 Å². The van der Waals surface area contributed by atoms with Crippen molar-refractivity contribution in [3.8, 4) is 0 Å². The quantitative estimate of drug-likeness (QED) is 0.788. The second kappa shape index (κ2) is 5.12. The van der Waals surface area contributed by atoms with E-state index in [9.17, 15) is 18.4 Å². The first kappa shape index (κ1) is 14.9. The summed E-state index contributed by atoms with van der Waals surface area (Å²) in [5.74, 6) is -1.31. The second-order valence-electron chi connectivity index (χ2n) is 4.55. The van der Waals surface area contributed by atoms with Crippen LogP contribution in [0, 0.1) is 0 Å². The molecule has 1 aromatic carbocycles. The maximum absolute atomic E-state index is 13.4. The van der Waals surface area contributed by atoms with E-state index in [-0.39, 0.29) is 11.1 Å². The number of hydrogen-bond acceptors (Lipinski definition) is 3. The lowest BCUT2D eigenvalue weighted by Crippen LogP contribution is -2.42. The van der Waals surface area contributed by atoms with Crippen molar-refractivity contribution in [1.82, 2.24) is 0 Å². The standard InChI is InChI=1S/C13H12BrF2NO3/c1-17-10-4-9(14)7(11(18)20-2)3-8(10)13(5-15,6-16)12(17)19/h3-4H,5-6H2,1-2H3. The SMILES string of the molecule is COC(=O)c1cc2c(cc1Br)N(C)C(=O)C2(CF)CF. The zero-order chi connectivity index (χ0) is 15.1. The van der Waals surface area contributed by atoms with Gasteiger partial charge in [0.15, 0.2) is 0 Å². The van der Waals surface area contributed by atoms with Crippen LogP contribution in [-0.4, -0.2) is 39.4 Å². The van der Waals surface area contributed by atoms with E-state index in [0.29, 0.717) is 10.2 Å². The molecule has 4 nitrogen and oxygen atoms in total. The predicted octanol–water partition coefficient (Wildman–Crippen LogP) is 2.39. The van der Waals surface area contributed by atoms with Gasteiger partial charge in [-0.25, -0.2) is 13.6 Å². The Hall–Kier alpha value is -1.50. The molecular formula is C13H12BrF2NO3. The molecule has 1 aliphatic heterocycles. The highest BCUT2D eigenvalue weighted by atomic mass is 79.9. The Labute approximate surface area is 122 Å². The summed E-state index contributed by atoms with van der Waals surface area (Å²) in [6.45, 7) is -2.33. The van der Waals surface area contributed by atoms with Gasteiger partial charge in [-0.3, -0.25) is 4.79 Å². The number of anilines is 1. The average molecular weight is 348 g/mol. The van der Waals surface area contributed by atoms with Crippen LogP contribution in [0.5, 0.6) is 0 Å². The fraction of sp³-hybridized carbons (Fsp3) is 0.385. The van der Waals surface area contributed by atoms with E-state index in [0.717, 1.165) is 0 Å². The van der Waals surface area contributed by atoms with E-state index in [1.165, 1.54) is 31.2 Å². The number of likely N-dealkylation sites (N-methyl/N-ethyl adjacent to an activating group) is 1. The first-order chi connectivity index (χ1) is 9.42. The highest BCUT2D eigenvalue weighted by Crippen LogP contribution is 2.44. The van der Waals surface area contributed by atoms with Gasteiger partial charge in [0.2, 0.25) is 5.91 Å². The number of carbonyl (C=O) groups excluding carboxylic acids is 2. The molecule has 7 heteroatoms. The summed E-state index contributed by atoms with van der Waals surface area (Å²) in [4.78, 5) is 25.0. The molecule has 0 atom stereocenters. The van der Waals surface area contributed by atoms with Crippen molar-refractivity contribution in [2.45, 2.75) is 5.41 Å². The maximum atomic E-state index is 13.4. The first-order valence-electron chi connectivity index (χ1n) is 5.75. The van der Waals surface area contributed by atoms with Crippen LogP contribution in [0.2, 0.25) is 0 Å². The lowest BCUT2D eigenvalue weighted by molar-refractivity contribution is -0.124. The third-order valence-corrected chi connectivity index (χ3v) is 4.19. The van der Waals surface area contributed by atoms with Gasteiger partial charge >= 0.3 is 5.97 Å². The van der Waals surface area contributed by atoms with E-state index in [4.69, 9.17) is 0 Å². The number of amides is 1. The molecule has 0 spiro atoms. The van der Waals surface area contributed by atoms with Gasteiger partial charge in [0.1, 0.15) is 18.8 Å². The molecule has 1 aliphatic rings. The maximum Gasteiger partial charge on any atom is 0.339 e. The molecule has 1 aromatic rings. The van der Waals surface area contributed by atoms with Gasteiger partial charge in [0.05, 0.1) is 12.7 Å². The van der Waals surface area contributed by atoms with Crippen molar-refractivity contribution in [2.24, 2.45) is 0 Å². The van der Waals surface area contributed by atoms with E-state index in [1.54, 1.807) is 0 Å². The molecule has 0 N–H and O–H groups in total. The molecule has 0 aliphatic carbocycles. The Kier molecular flexibility index (Phi) is 3.82. The average Bonchev–Trinajstić information content (AvgIpc) is 2.66. The van der Waals surface area contributed by atoms with Crippen LogP contribution in [-0.2, 0) is 14.9 Å². The molecule has 0 saturated heterocycles. The summed E-state index contributed by atoms with van der Waals surface area (Å²) in [7, 11) is 2.65. The van der Waals surface area contributed by atoms with Crippen LogP contribution in [0.15, 0.2) is 16.6 Å². The number of fused-ring (bicyclic) bond motifs is 1. The van der Waals surface area contributed by atoms with E-state index >= 15 is 0 Å². The van der Waals surface area contributed by atoms with Gasteiger partial charge in [-0.2, -0.15) is 0 Å². The number of nitrogens with zero attached hydrogens (tertiary/aromatic N) is 1. The van der Waals surface area contributed by atoms with Crippen LogP contribution in [0.1, 0.15) is 15.9 Å². The molecule has 0 aromatic heterocycles. The normalized spacial score (nSPS) is 16.2. The van der Waals surface area contributed by atoms with Crippen molar-refractivity contribution >= 4 is 33.5 Å². The number of esters is 1. The molecule has 0 radical (unpaired) electrons. The number of ether oxygens (including phenoxy) is 1. The predicted molar refractivity (Wildman–Crippen MR) is 72.5 cm³/mol.